The molecule has 35 heavy (non-hydrogen) atoms. The van der Waals surface area contributed by atoms with E-state index in [0.717, 1.165) is 25.7 Å². The molecule has 1 N–H and O–H groups in total. The zero-order chi connectivity index (χ0) is 25.3. The molecule has 0 aromatic heterocycles. The van der Waals surface area contributed by atoms with Gasteiger partial charge in [0.05, 0.1) is 25.2 Å². The van der Waals surface area contributed by atoms with Crippen molar-refractivity contribution in [3.05, 3.63) is 0 Å². The van der Waals surface area contributed by atoms with Crippen molar-refractivity contribution in [1.82, 2.24) is 0 Å². The Morgan fingerprint density at radius 3 is 2.23 bits per heavy atom. The average Bonchev–Trinajstić information content (AvgIpc) is 3.27. The maximum atomic E-state index is 11.2. The Hall–Kier alpha value is -0.383. The molecule has 1 unspecified atom stereocenters. The van der Waals surface area contributed by atoms with Crippen molar-refractivity contribution < 1.29 is 19.0 Å². The van der Waals surface area contributed by atoms with Crippen LogP contribution in [0.3, 0.4) is 0 Å². The van der Waals surface area contributed by atoms with Gasteiger partial charge in [0.25, 0.3) is 0 Å². The van der Waals surface area contributed by atoms with Gasteiger partial charge < -0.3 is 19.0 Å². The summed E-state index contributed by atoms with van der Waals surface area (Å²) in [5.41, 5.74) is 0. The third-order valence-corrected chi connectivity index (χ3v) is 14.6. The van der Waals surface area contributed by atoms with Crippen molar-refractivity contribution >= 4 is 8.32 Å². The lowest BCUT2D eigenvalue weighted by Crippen LogP contribution is -2.67. The van der Waals surface area contributed by atoms with Gasteiger partial charge in [0.15, 0.2) is 14.1 Å². The number of fused-ring (bicyclic) bond motifs is 2. The Bertz CT molecular complexity index is 749. The third kappa shape index (κ3) is 5.58. The van der Waals surface area contributed by atoms with E-state index < -0.39 is 14.1 Å². The summed E-state index contributed by atoms with van der Waals surface area (Å²) in [5.74, 6) is 8.59. The van der Waals surface area contributed by atoms with Gasteiger partial charge in [0.1, 0.15) is 6.10 Å². The van der Waals surface area contributed by atoms with Crippen LogP contribution >= 0.6 is 0 Å². The molecule has 4 fully saturated rings. The van der Waals surface area contributed by atoms with Crippen molar-refractivity contribution in [3.63, 3.8) is 0 Å². The van der Waals surface area contributed by atoms with Crippen LogP contribution in [-0.4, -0.2) is 44.6 Å². The highest BCUT2D eigenvalue weighted by atomic mass is 28.4. The van der Waals surface area contributed by atoms with E-state index in [-0.39, 0.29) is 23.2 Å². The first-order chi connectivity index (χ1) is 16.6. The Kier molecular flexibility index (Phi) is 8.81. The molecule has 200 valence electrons. The minimum Gasteiger partial charge on any atom is -0.403 e. The Morgan fingerprint density at radius 2 is 1.63 bits per heavy atom. The molecule has 4 nitrogen and oxygen atoms in total. The standard InChI is InChI=1S/C30H52O4Si/c1-7-13-24-28-23(26(31)18-17-25(28)30(24)32-20-21-33-30)16-19-27(34-35(5,6)29(2,3)4)22-14-11-9-8-10-12-15-22/h22-28,31H,7-15,17-18,20-21H2,1-6H3/t23-,24?,25-,26+,27+,28-/m0/s1. The van der Waals surface area contributed by atoms with Crippen LogP contribution in [-0.2, 0) is 13.9 Å². The van der Waals surface area contributed by atoms with Gasteiger partial charge >= 0.3 is 0 Å². The van der Waals surface area contributed by atoms with E-state index >= 15 is 0 Å². The molecule has 1 spiro atoms. The first kappa shape index (κ1) is 27.6. The molecule has 1 aliphatic heterocycles. The highest BCUT2D eigenvalue weighted by Gasteiger charge is 2.68. The van der Waals surface area contributed by atoms with Crippen molar-refractivity contribution in [3.8, 4) is 11.8 Å². The highest BCUT2D eigenvalue weighted by Crippen LogP contribution is 2.62. The fourth-order valence-corrected chi connectivity index (χ4v) is 8.37. The SMILES string of the molecule is CCCC1[C@@H]2[C@@H](C#C[C@@H](O[Si](C)(C)C(C)(C)C)C3CCCCCCC3)[C@H](O)CC[C@@H]2C12OCCO2. The van der Waals surface area contributed by atoms with E-state index in [1.54, 1.807) is 0 Å². The van der Waals surface area contributed by atoms with E-state index in [2.05, 4.69) is 52.6 Å². The predicted octanol–water partition coefficient (Wildman–Crippen LogP) is 6.92. The van der Waals surface area contributed by atoms with Crippen molar-refractivity contribution in [1.29, 1.82) is 0 Å². The summed E-state index contributed by atoms with van der Waals surface area (Å²) in [4.78, 5) is 0. The van der Waals surface area contributed by atoms with Crippen LogP contribution in [0.25, 0.3) is 0 Å². The van der Waals surface area contributed by atoms with Crippen LogP contribution in [0.1, 0.15) is 98.3 Å². The molecule has 0 aromatic carbocycles. The molecule has 6 atom stereocenters. The Labute approximate surface area is 216 Å². The van der Waals surface area contributed by atoms with E-state index in [9.17, 15) is 5.11 Å². The van der Waals surface area contributed by atoms with Crippen molar-refractivity contribution in [2.75, 3.05) is 13.2 Å². The van der Waals surface area contributed by atoms with Crippen LogP contribution in [0.4, 0.5) is 0 Å². The molecule has 3 aliphatic carbocycles. The maximum absolute atomic E-state index is 11.2. The minimum absolute atomic E-state index is 0.00259. The molecule has 1 heterocycles. The summed E-state index contributed by atoms with van der Waals surface area (Å²) in [6.07, 6.45) is 12.7. The Morgan fingerprint density at radius 1 is 1.00 bits per heavy atom. The summed E-state index contributed by atoms with van der Waals surface area (Å²) >= 11 is 0. The first-order valence-electron chi connectivity index (χ1n) is 14.8. The van der Waals surface area contributed by atoms with Gasteiger partial charge in [-0.05, 0) is 62.1 Å². The largest absolute Gasteiger partial charge is 0.403 e. The number of hydrogen-bond acceptors (Lipinski definition) is 4. The van der Waals surface area contributed by atoms with Crippen LogP contribution in [0.2, 0.25) is 18.1 Å². The lowest BCUT2D eigenvalue weighted by Gasteiger charge is -2.62. The number of hydrogen-bond donors (Lipinski definition) is 1. The Balaban J connectivity index is 1.60. The fourth-order valence-electron chi connectivity index (χ4n) is 7.13. The fraction of sp³-hybridized carbons (Fsp3) is 0.933. The second kappa shape index (κ2) is 11.2. The number of rotatable bonds is 5. The van der Waals surface area contributed by atoms with Gasteiger partial charge in [-0.1, -0.05) is 78.1 Å². The second-order valence-corrected chi connectivity index (χ2v) is 18.1. The normalized spacial score (nSPS) is 34.8. The zero-order valence-corrected chi connectivity index (χ0v) is 24.4. The molecule has 4 rings (SSSR count). The van der Waals surface area contributed by atoms with E-state index in [1.807, 2.05) is 0 Å². The molecule has 3 saturated carbocycles. The van der Waals surface area contributed by atoms with Gasteiger partial charge in [-0.25, -0.2) is 0 Å². The van der Waals surface area contributed by atoms with Crippen molar-refractivity contribution in [2.45, 2.75) is 134 Å². The van der Waals surface area contributed by atoms with E-state index in [4.69, 9.17) is 13.9 Å². The summed E-state index contributed by atoms with van der Waals surface area (Å²) in [7, 11) is -1.96. The van der Waals surface area contributed by atoms with Gasteiger partial charge in [-0.2, -0.15) is 0 Å². The first-order valence-corrected chi connectivity index (χ1v) is 17.7. The molecule has 0 radical (unpaired) electrons. The van der Waals surface area contributed by atoms with Gasteiger partial charge in [0.2, 0.25) is 0 Å². The lowest BCUT2D eigenvalue weighted by molar-refractivity contribution is -0.340. The molecule has 0 aromatic rings. The molecular weight excluding hydrogens is 452 g/mol. The summed E-state index contributed by atoms with van der Waals surface area (Å²) < 4.78 is 19.6. The molecule has 5 heteroatoms. The lowest BCUT2D eigenvalue weighted by atomic mass is 9.49. The van der Waals surface area contributed by atoms with Gasteiger partial charge in [-0.3, -0.25) is 0 Å². The van der Waals surface area contributed by atoms with E-state index in [1.165, 1.54) is 44.9 Å². The average molecular weight is 505 g/mol. The number of aliphatic hydroxyl groups excluding tert-OH is 1. The van der Waals surface area contributed by atoms with Crippen LogP contribution in [0.5, 0.6) is 0 Å². The molecule has 0 amide bonds. The maximum Gasteiger partial charge on any atom is 0.193 e. The van der Waals surface area contributed by atoms with E-state index in [0.29, 0.717) is 36.9 Å². The van der Waals surface area contributed by atoms with Crippen molar-refractivity contribution in [2.24, 2.45) is 29.6 Å². The minimum atomic E-state index is -1.96. The number of ether oxygens (including phenoxy) is 2. The predicted molar refractivity (Wildman–Crippen MR) is 144 cm³/mol. The summed E-state index contributed by atoms with van der Waals surface area (Å²) in [6.45, 7) is 15.3. The monoisotopic (exact) mass is 504 g/mol. The van der Waals surface area contributed by atoms with Crippen LogP contribution < -0.4 is 0 Å². The molecular formula is C30H52O4Si. The number of aliphatic hydroxyl groups is 1. The second-order valence-electron chi connectivity index (χ2n) is 13.4. The highest BCUT2D eigenvalue weighted by molar-refractivity contribution is 6.74. The smallest absolute Gasteiger partial charge is 0.193 e. The van der Waals surface area contributed by atoms with Crippen LogP contribution in [0.15, 0.2) is 0 Å². The zero-order valence-electron chi connectivity index (χ0n) is 23.4. The molecule has 4 aliphatic rings. The third-order valence-electron chi connectivity index (χ3n) is 10.1. The van der Waals surface area contributed by atoms with Crippen LogP contribution in [0, 0.1) is 41.4 Å². The molecule has 0 bridgehead atoms. The summed E-state index contributed by atoms with van der Waals surface area (Å²) in [6, 6.07) is 0. The summed E-state index contributed by atoms with van der Waals surface area (Å²) in [5, 5.41) is 11.3. The molecule has 1 saturated heterocycles. The topological polar surface area (TPSA) is 47.9 Å². The van der Waals surface area contributed by atoms with Gasteiger partial charge in [0, 0.05) is 11.8 Å². The van der Waals surface area contributed by atoms with Gasteiger partial charge in [-0.15, -0.1) is 0 Å². The quantitative estimate of drug-likeness (QED) is 0.326.